The molecule has 0 saturated heterocycles. The van der Waals surface area contributed by atoms with Crippen LogP contribution in [-0.4, -0.2) is 14.8 Å². The minimum absolute atomic E-state index is 0.333. The first kappa shape index (κ1) is 12.8. The zero-order valence-electron chi connectivity index (χ0n) is 9.69. The summed E-state index contributed by atoms with van der Waals surface area (Å²) < 4.78 is 3.19. The van der Waals surface area contributed by atoms with E-state index in [-0.39, 0.29) is 0 Å². The summed E-state index contributed by atoms with van der Waals surface area (Å²) in [6.45, 7) is 4.27. The van der Waals surface area contributed by atoms with Crippen molar-refractivity contribution in [2.45, 2.75) is 25.2 Å². The Hall–Kier alpha value is -0.680. The fourth-order valence-corrected chi connectivity index (χ4v) is 2.63. The van der Waals surface area contributed by atoms with Crippen LogP contribution in [0.4, 0.5) is 0 Å². The molecule has 0 saturated carbocycles. The van der Waals surface area contributed by atoms with Crippen LogP contribution in [0.3, 0.4) is 0 Å². The van der Waals surface area contributed by atoms with Crippen molar-refractivity contribution in [3.05, 3.63) is 34.6 Å². The Morgan fingerprint density at radius 2 is 1.94 bits per heavy atom. The average Bonchev–Trinajstić information content (AvgIpc) is 2.73. The van der Waals surface area contributed by atoms with Gasteiger partial charge in [0.2, 0.25) is 0 Å². The van der Waals surface area contributed by atoms with Gasteiger partial charge in [-0.2, -0.15) is 0 Å². The van der Waals surface area contributed by atoms with E-state index in [4.69, 9.17) is 0 Å². The topological polar surface area (TPSA) is 30.7 Å². The second kappa shape index (κ2) is 5.31. The molecule has 0 atom stereocenters. The molecule has 5 heteroatoms. The van der Waals surface area contributed by atoms with Crippen LogP contribution in [0.5, 0.6) is 0 Å². The number of alkyl halides is 1. The minimum atomic E-state index is 0.333. The van der Waals surface area contributed by atoms with Gasteiger partial charge in [0, 0.05) is 16.1 Å². The normalized spacial score (nSPS) is 11.1. The van der Waals surface area contributed by atoms with Crippen LogP contribution in [0.25, 0.3) is 11.4 Å². The van der Waals surface area contributed by atoms with Gasteiger partial charge in [0.15, 0.2) is 5.82 Å². The molecule has 0 radical (unpaired) electrons. The van der Waals surface area contributed by atoms with Gasteiger partial charge in [0.05, 0.1) is 5.33 Å². The van der Waals surface area contributed by atoms with Crippen LogP contribution in [-0.2, 0) is 5.33 Å². The number of aromatic nitrogens is 3. The van der Waals surface area contributed by atoms with Crippen molar-refractivity contribution >= 4 is 31.9 Å². The smallest absolute Gasteiger partial charge is 0.165 e. The number of halogens is 2. The molecule has 90 valence electrons. The van der Waals surface area contributed by atoms with E-state index in [1.165, 1.54) is 0 Å². The van der Waals surface area contributed by atoms with Crippen molar-refractivity contribution in [2.75, 3.05) is 0 Å². The molecule has 1 aromatic carbocycles. The maximum atomic E-state index is 4.29. The third-order valence-electron chi connectivity index (χ3n) is 2.52. The lowest BCUT2D eigenvalue weighted by molar-refractivity contribution is 0.586. The van der Waals surface area contributed by atoms with Crippen LogP contribution >= 0.6 is 31.9 Å². The van der Waals surface area contributed by atoms with Crippen LogP contribution in [0.15, 0.2) is 28.7 Å². The molecule has 2 aromatic rings. The van der Waals surface area contributed by atoms with Crippen LogP contribution < -0.4 is 0 Å². The van der Waals surface area contributed by atoms with Gasteiger partial charge in [-0.15, -0.1) is 10.2 Å². The van der Waals surface area contributed by atoms with Crippen molar-refractivity contribution < 1.29 is 0 Å². The summed E-state index contributed by atoms with van der Waals surface area (Å²) in [6, 6.07) is 8.40. The summed E-state index contributed by atoms with van der Waals surface area (Å²) in [5.74, 6) is 1.85. The fraction of sp³-hybridized carbons (Fsp3) is 0.333. The molecule has 0 amide bonds. The van der Waals surface area contributed by atoms with E-state index in [1.54, 1.807) is 0 Å². The maximum absolute atomic E-state index is 4.29. The molecule has 0 aliphatic carbocycles. The zero-order chi connectivity index (χ0) is 12.4. The number of rotatable bonds is 3. The van der Waals surface area contributed by atoms with E-state index >= 15 is 0 Å². The maximum Gasteiger partial charge on any atom is 0.165 e. The predicted octanol–water partition coefficient (Wildman–Crippen LogP) is 4.18. The summed E-state index contributed by atoms with van der Waals surface area (Å²) in [7, 11) is 0. The molecule has 1 aromatic heterocycles. The number of benzene rings is 1. The van der Waals surface area contributed by atoms with Gasteiger partial charge in [0.25, 0.3) is 0 Å². The third-order valence-corrected chi connectivity index (χ3v) is 3.71. The lowest BCUT2D eigenvalue weighted by atomic mass is 10.2. The molecule has 2 rings (SSSR count). The molecular weight excluding hydrogens is 346 g/mol. The Labute approximate surface area is 118 Å². The lowest BCUT2D eigenvalue weighted by Crippen LogP contribution is -2.07. The Morgan fingerprint density at radius 3 is 2.53 bits per heavy atom. The molecule has 0 aliphatic heterocycles. The monoisotopic (exact) mass is 357 g/mol. The van der Waals surface area contributed by atoms with E-state index < -0.39 is 0 Å². The number of hydrogen-bond donors (Lipinski definition) is 0. The van der Waals surface area contributed by atoms with E-state index in [2.05, 4.69) is 60.5 Å². The Balaban J connectivity index is 2.60. The fourth-order valence-electron chi connectivity index (χ4n) is 1.78. The van der Waals surface area contributed by atoms with Gasteiger partial charge in [-0.3, -0.25) is 0 Å². The summed E-state index contributed by atoms with van der Waals surface area (Å²) in [5.41, 5.74) is 1.07. The van der Waals surface area contributed by atoms with Gasteiger partial charge in [0.1, 0.15) is 5.82 Å². The first-order valence-corrected chi connectivity index (χ1v) is 7.31. The molecule has 17 heavy (non-hydrogen) atoms. The molecule has 0 bridgehead atoms. The highest BCUT2D eigenvalue weighted by atomic mass is 79.9. The van der Waals surface area contributed by atoms with E-state index in [1.807, 2.05) is 24.3 Å². The highest BCUT2D eigenvalue weighted by Crippen LogP contribution is 2.29. The summed E-state index contributed by atoms with van der Waals surface area (Å²) in [5, 5.41) is 9.22. The molecule has 0 fully saturated rings. The van der Waals surface area contributed by atoms with Crippen molar-refractivity contribution in [3.63, 3.8) is 0 Å². The van der Waals surface area contributed by atoms with Gasteiger partial charge < -0.3 is 4.57 Å². The molecule has 0 aliphatic rings. The molecule has 3 nitrogen and oxygen atoms in total. The lowest BCUT2D eigenvalue weighted by Gasteiger charge is -2.13. The third kappa shape index (κ3) is 2.45. The van der Waals surface area contributed by atoms with Gasteiger partial charge in [-0.05, 0) is 19.9 Å². The largest absolute Gasteiger partial charge is 0.308 e. The zero-order valence-corrected chi connectivity index (χ0v) is 12.9. The Morgan fingerprint density at radius 1 is 1.24 bits per heavy atom. The predicted molar refractivity (Wildman–Crippen MR) is 76.2 cm³/mol. The quantitative estimate of drug-likeness (QED) is 0.770. The minimum Gasteiger partial charge on any atom is -0.308 e. The van der Waals surface area contributed by atoms with Crippen LogP contribution in [0.1, 0.15) is 25.7 Å². The first-order valence-electron chi connectivity index (χ1n) is 5.39. The van der Waals surface area contributed by atoms with Gasteiger partial charge in [-0.25, -0.2) is 0 Å². The van der Waals surface area contributed by atoms with E-state index in [0.717, 1.165) is 21.7 Å². The molecule has 0 unspecified atom stereocenters. The van der Waals surface area contributed by atoms with Crippen molar-refractivity contribution in [1.82, 2.24) is 14.8 Å². The van der Waals surface area contributed by atoms with Crippen molar-refractivity contribution in [2.24, 2.45) is 0 Å². The molecule has 0 spiro atoms. The SMILES string of the molecule is CC(C)n1c(CBr)nnc1-c1ccccc1Br. The molecular formula is C12H13Br2N3. The van der Waals surface area contributed by atoms with Crippen molar-refractivity contribution in [3.8, 4) is 11.4 Å². The van der Waals surface area contributed by atoms with Gasteiger partial charge >= 0.3 is 0 Å². The van der Waals surface area contributed by atoms with Crippen molar-refractivity contribution in [1.29, 1.82) is 0 Å². The molecule has 0 N–H and O–H groups in total. The first-order chi connectivity index (χ1) is 8.15. The summed E-state index contributed by atoms with van der Waals surface area (Å²) in [4.78, 5) is 0. The van der Waals surface area contributed by atoms with Gasteiger partial charge in [-0.1, -0.05) is 50.1 Å². The summed E-state index contributed by atoms with van der Waals surface area (Å²) in [6.07, 6.45) is 0. The number of nitrogens with zero attached hydrogens (tertiary/aromatic N) is 3. The number of hydrogen-bond acceptors (Lipinski definition) is 2. The standard InChI is InChI=1S/C12H13Br2N3/c1-8(2)17-11(7-13)15-16-12(17)9-5-3-4-6-10(9)14/h3-6,8H,7H2,1-2H3. The highest BCUT2D eigenvalue weighted by molar-refractivity contribution is 9.10. The van der Waals surface area contributed by atoms with Crippen LogP contribution in [0.2, 0.25) is 0 Å². The average molecular weight is 359 g/mol. The molecule has 1 heterocycles. The second-order valence-corrected chi connectivity index (χ2v) is 5.43. The Kier molecular flexibility index (Phi) is 3.99. The highest BCUT2D eigenvalue weighted by Gasteiger charge is 2.16. The van der Waals surface area contributed by atoms with E-state index in [0.29, 0.717) is 11.4 Å². The van der Waals surface area contributed by atoms with Crippen LogP contribution in [0, 0.1) is 0 Å². The Bertz CT molecular complexity index is 520. The van der Waals surface area contributed by atoms with E-state index in [9.17, 15) is 0 Å². The second-order valence-electron chi connectivity index (χ2n) is 4.02. The summed E-state index contributed by atoms with van der Waals surface area (Å²) >= 11 is 7.00.